The van der Waals surface area contributed by atoms with Gasteiger partial charge in [0, 0.05) is 9.26 Å². The van der Waals surface area contributed by atoms with Gasteiger partial charge in [0.2, 0.25) is 0 Å². The zero-order valence-electron chi connectivity index (χ0n) is 12.0. The van der Waals surface area contributed by atoms with E-state index in [1.54, 1.807) is 38.3 Å². The maximum absolute atomic E-state index is 12.5. The van der Waals surface area contributed by atoms with Gasteiger partial charge in [0.25, 0.3) is 10.0 Å². The van der Waals surface area contributed by atoms with Gasteiger partial charge in [-0.15, -0.1) is 0 Å². The molecule has 112 valence electrons. The van der Waals surface area contributed by atoms with Gasteiger partial charge in [0.1, 0.15) is 5.75 Å². The number of benzene rings is 2. The van der Waals surface area contributed by atoms with Gasteiger partial charge in [-0.3, -0.25) is 4.72 Å². The molecule has 0 aliphatic heterocycles. The Morgan fingerprint density at radius 2 is 1.62 bits per heavy atom. The van der Waals surface area contributed by atoms with Crippen molar-refractivity contribution in [3.05, 3.63) is 51.1 Å². The Labute approximate surface area is 138 Å². The highest BCUT2D eigenvalue weighted by atomic mass is 127. The number of halogens is 1. The summed E-state index contributed by atoms with van der Waals surface area (Å²) in [7, 11) is -2.04. The molecular formula is C15H16INO3S. The molecule has 0 saturated heterocycles. The van der Waals surface area contributed by atoms with Crippen LogP contribution in [-0.4, -0.2) is 15.5 Å². The van der Waals surface area contributed by atoms with Crippen LogP contribution in [0.5, 0.6) is 5.75 Å². The first-order chi connectivity index (χ1) is 9.85. The number of ether oxygens (including phenoxy) is 1. The summed E-state index contributed by atoms with van der Waals surface area (Å²) < 4.78 is 33.9. The van der Waals surface area contributed by atoms with Gasteiger partial charge in [0.15, 0.2) is 0 Å². The van der Waals surface area contributed by atoms with Crippen LogP contribution in [0.4, 0.5) is 5.69 Å². The fraction of sp³-hybridized carbons (Fsp3) is 0.200. The Bertz CT molecular complexity index is 755. The second-order valence-electron chi connectivity index (χ2n) is 4.63. The highest BCUT2D eigenvalue weighted by Crippen LogP contribution is 2.28. The van der Waals surface area contributed by atoms with E-state index in [1.165, 1.54) is 0 Å². The fourth-order valence-electron chi connectivity index (χ4n) is 2.01. The minimum absolute atomic E-state index is 0.263. The molecule has 0 radical (unpaired) electrons. The molecule has 4 nitrogen and oxygen atoms in total. The monoisotopic (exact) mass is 417 g/mol. The molecule has 0 fully saturated rings. The summed E-state index contributed by atoms with van der Waals surface area (Å²) in [6.07, 6.45) is 0. The van der Waals surface area contributed by atoms with Crippen LogP contribution in [0.2, 0.25) is 0 Å². The second kappa shape index (κ2) is 6.23. The van der Waals surface area contributed by atoms with E-state index in [0.717, 1.165) is 9.13 Å². The number of sulfonamides is 1. The van der Waals surface area contributed by atoms with E-state index < -0.39 is 10.0 Å². The first-order valence-corrected chi connectivity index (χ1v) is 8.84. The van der Waals surface area contributed by atoms with Crippen LogP contribution >= 0.6 is 22.6 Å². The van der Waals surface area contributed by atoms with Crippen molar-refractivity contribution in [3.63, 3.8) is 0 Å². The summed E-state index contributed by atoms with van der Waals surface area (Å²) in [5.74, 6) is 0.681. The number of hydrogen-bond donors (Lipinski definition) is 1. The van der Waals surface area contributed by atoms with Crippen molar-refractivity contribution in [1.29, 1.82) is 0 Å². The predicted molar refractivity (Wildman–Crippen MR) is 92.4 cm³/mol. The summed E-state index contributed by atoms with van der Waals surface area (Å²) in [6.45, 7) is 3.62. The lowest BCUT2D eigenvalue weighted by molar-refractivity contribution is 0.411. The highest BCUT2D eigenvalue weighted by molar-refractivity contribution is 14.1. The van der Waals surface area contributed by atoms with E-state index in [2.05, 4.69) is 27.3 Å². The number of anilines is 1. The Hall–Kier alpha value is -1.28. The summed E-state index contributed by atoms with van der Waals surface area (Å²) in [5, 5.41) is 0. The molecule has 0 aliphatic rings. The molecule has 0 spiro atoms. The van der Waals surface area contributed by atoms with Gasteiger partial charge in [-0.05, 0) is 84.0 Å². The molecule has 1 N–H and O–H groups in total. The molecule has 2 rings (SSSR count). The molecule has 0 amide bonds. The maximum Gasteiger partial charge on any atom is 0.262 e. The van der Waals surface area contributed by atoms with Crippen LogP contribution in [0, 0.1) is 17.4 Å². The number of methoxy groups -OCH3 is 1. The predicted octanol–water partition coefficient (Wildman–Crippen LogP) is 3.72. The Morgan fingerprint density at radius 1 is 1.00 bits per heavy atom. The van der Waals surface area contributed by atoms with Crippen LogP contribution in [-0.2, 0) is 10.0 Å². The Morgan fingerprint density at radius 3 is 2.19 bits per heavy atom. The van der Waals surface area contributed by atoms with Gasteiger partial charge in [-0.25, -0.2) is 8.42 Å². The normalized spacial score (nSPS) is 11.2. The Kier molecular flexibility index (Phi) is 4.77. The molecule has 0 heterocycles. The third-order valence-corrected chi connectivity index (χ3v) is 5.54. The molecule has 2 aromatic carbocycles. The maximum atomic E-state index is 12.5. The molecule has 0 atom stereocenters. The molecule has 0 aliphatic carbocycles. The van der Waals surface area contributed by atoms with Crippen molar-refractivity contribution < 1.29 is 13.2 Å². The van der Waals surface area contributed by atoms with Crippen LogP contribution in [0.1, 0.15) is 11.1 Å². The number of nitrogens with one attached hydrogen (secondary N) is 1. The number of rotatable bonds is 4. The van der Waals surface area contributed by atoms with E-state index in [1.807, 2.05) is 19.1 Å². The summed E-state index contributed by atoms with van der Waals surface area (Å²) >= 11 is 2.17. The van der Waals surface area contributed by atoms with E-state index >= 15 is 0 Å². The summed E-state index contributed by atoms with van der Waals surface area (Å²) in [5.41, 5.74) is 2.05. The average molecular weight is 417 g/mol. The highest BCUT2D eigenvalue weighted by Gasteiger charge is 2.19. The molecule has 0 unspecified atom stereocenters. The van der Waals surface area contributed by atoms with E-state index in [4.69, 9.17) is 4.74 Å². The van der Waals surface area contributed by atoms with Gasteiger partial charge >= 0.3 is 0 Å². The first-order valence-electron chi connectivity index (χ1n) is 6.27. The fourth-order valence-corrected chi connectivity index (χ4v) is 3.73. The third-order valence-electron chi connectivity index (χ3n) is 3.29. The smallest absolute Gasteiger partial charge is 0.262 e. The van der Waals surface area contributed by atoms with Crippen molar-refractivity contribution >= 4 is 38.3 Å². The van der Waals surface area contributed by atoms with Crippen molar-refractivity contribution in [2.45, 2.75) is 18.7 Å². The van der Waals surface area contributed by atoms with E-state index in [9.17, 15) is 8.42 Å². The van der Waals surface area contributed by atoms with Crippen LogP contribution in [0.3, 0.4) is 0 Å². The van der Waals surface area contributed by atoms with Crippen molar-refractivity contribution in [1.82, 2.24) is 0 Å². The van der Waals surface area contributed by atoms with Gasteiger partial charge in [0.05, 0.1) is 12.0 Å². The third kappa shape index (κ3) is 3.49. The van der Waals surface area contributed by atoms with Crippen molar-refractivity contribution in [2.75, 3.05) is 11.8 Å². The second-order valence-corrected chi connectivity index (χ2v) is 7.52. The Balaban J connectivity index is 2.40. The van der Waals surface area contributed by atoms with E-state index in [0.29, 0.717) is 17.0 Å². The molecule has 0 aromatic heterocycles. The molecule has 21 heavy (non-hydrogen) atoms. The molecule has 0 bridgehead atoms. The van der Waals surface area contributed by atoms with Crippen LogP contribution in [0.25, 0.3) is 0 Å². The minimum Gasteiger partial charge on any atom is -0.496 e. The lowest BCUT2D eigenvalue weighted by Crippen LogP contribution is -2.15. The molecular weight excluding hydrogens is 401 g/mol. The first kappa shape index (κ1) is 16.1. The average Bonchev–Trinajstić information content (AvgIpc) is 2.44. The van der Waals surface area contributed by atoms with Gasteiger partial charge in [-0.2, -0.15) is 0 Å². The minimum atomic E-state index is -3.61. The lowest BCUT2D eigenvalue weighted by atomic mass is 10.1. The van der Waals surface area contributed by atoms with Crippen LogP contribution < -0.4 is 9.46 Å². The molecule has 0 saturated carbocycles. The van der Waals surface area contributed by atoms with Crippen LogP contribution in [0.15, 0.2) is 41.3 Å². The van der Waals surface area contributed by atoms with E-state index in [-0.39, 0.29) is 4.90 Å². The molecule has 6 heteroatoms. The topological polar surface area (TPSA) is 55.4 Å². The summed E-state index contributed by atoms with van der Waals surface area (Å²) in [4.78, 5) is 0.263. The van der Waals surface area contributed by atoms with Gasteiger partial charge < -0.3 is 4.74 Å². The zero-order chi connectivity index (χ0) is 15.6. The SMILES string of the molecule is COc1ccc(S(=O)(=O)Nc2ccc(I)cc2)c(C)c1C. The zero-order valence-corrected chi connectivity index (χ0v) is 14.9. The van der Waals surface area contributed by atoms with Crippen molar-refractivity contribution in [2.24, 2.45) is 0 Å². The van der Waals surface area contributed by atoms with Gasteiger partial charge in [-0.1, -0.05) is 0 Å². The largest absolute Gasteiger partial charge is 0.496 e. The standard InChI is InChI=1S/C15H16INO3S/c1-10-11(2)15(9-8-14(10)20-3)21(18,19)17-13-6-4-12(16)5-7-13/h4-9,17H,1-3H3. The molecule has 2 aromatic rings. The van der Waals surface area contributed by atoms with Crippen molar-refractivity contribution in [3.8, 4) is 5.75 Å². The lowest BCUT2D eigenvalue weighted by Gasteiger charge is -2.14. The quantitative estimate of drug-likeness (QED) is 0.772. The number of hydrogen-bond acceptors (Lipinski definition) is 3. The summed E-state index contributed by atoms with van der Waals surface area (Å²) in [6, 6.07) is 10.4.